The molecule has 1 unspecified atom stereocenters. The number of amides is 1. The number of rotatable bonds is 2. The van der Waals surface area contributed by atoms with E-state index in [9.17, 15) is 18.0 Å². The first kappa shape index (κ1) is 14.6. The Balaban J connectivity index is 2.18. The quantitative estimate of drug-likeness (QED) is 0.848. The molecule has 0 spiro atoms. The summed E-state index contributed by atoms with van der Waals surface area (Å²) in [5, 5.41) is 0. The van der Waals surface area contributed by atoms with Gasteiger partial charge < -0.3 is 15.4 Å². The number of ether oxygens (including phenoxy) is 1. The Kier molecular flexibility index (Phi) is 3.89. The van der Waals surface area contributed by atoms with Gasteiger partial charge in [0.05, 0.1) is 11.7 Å². The van der Waals surface area contributed by atoms with Crippen molar-refractivity contribution >= 4 is 11.6 Å². The van der Waals surface area contributed by atoms with Gasteiger partial charge in [0.2, 0.25) is 0 Å². The lowest BCUT2D eigenvalue weighted by molar-refractivity contribution is -0.136. The number of anilines is 1. The number of halogens is 3. The van der Waals surface area contributed by atoms with Crippen LogP contribution in [0.1, 0.15) is 22.3 Å². The van der Waals surface area contributed by atoms with Crippen LogP contribution in [-0.4, -0.2) is 37.1 Å². The highest BCUT2D eigenvalue weighted by atomic mass is 19.4. The molecule has 110 valence electrons. The third kappa shape index (κ3) is 2.87. The highest BCUT2D eigenvalue weighted by molar-refractivity contribution is 5.95. The van der Waals surface area contributed by atoms with Crippen LogP contribution < -0.4 is 5.73 Å². The van der Waals surface area contributed by atoms with Gasteiger partial charge in [-0.25, -0.2) is 0 Å². The maximum absolute atomic E-state index is 12.6. The summed E-state index contributed by atoms with van der Waals surface area (Å²) in [5.41, 5.74) is 4.18. The summed E-state index contributed by atoms with van der Waals surface area (Å²) < 4.78 is 42.9. The van der Waals surface area contributed by atoms with Gasteiger partial charge in [0.1, 0.15) is 0 Å². The molecule has 4 nitrogen and oxygen atoms in total. The number of benzene rings is 1. The molecule has 1 amide bonds. The normalized spacial score (nSPS) is 19.4. The van der Waals surface area contributed by atoms with E-state index < -0.39 is 17.4 Å². The van der Waals surface area contributed by atoms with Crippen molar-refractivity contribution in [2.24, 2.45) is 0 Å². The lowest BCUT2D eigenvalue weighted by atomic mass is 10.1. The minimum atomic E-state index is -4.51. The third-order valence-corrected chi connectivity index (χ3v) is 3.37. The van der Waals surface area contributed by atoms with E-state index in [0.29, 0.717) is 13.1 Å². The van der Waals surface area contributed by atoms with E-state index in [1.54, 1.807) is 12.0 Å². The Bertz CT molecular complexity index is 517. The molecule has 0 aliphatic carbocycles. The summed E-state index contributed by atoms with van der Waals surface area (Å²) in [6.07, 6.45) is -3.82. The Labute approximate surface area is 114 Å². The zero-order valence-corrected chi connectivity index (χ0v) is 10.9. The molecular formula is C13H15F3N2O2. The molecule has 0 radical (unpaired) electrons. The first-order valence-corrected chi connectivity index (χ1v) is 6.11. The van der Waals surface area contributed by atoms with Gasteiger partial charge in [-0.1, -0.05) is 0 Å². The molecule has 1 aromatic carbocycles. The number of likely N-dealkylation sites (tertiary alicyclic amines) is 1. The predicted octanol–water partition coefficient (Wildman–Crippen LogP) is 2.15. The predicted molar refractivity (Wildman–Crippen MR) is 67.2 cm³/mol. The molecule has 2 N–H and O–H groups in total. The average molecular weight is 288 g/mol. The number of hydrogen-bond donors (Lipinski definition) is 1. The summed E-state index contributed by atoms with van der Waals surface area (Å²) in [5.74, 6) is -0.329. The van der Waals surface area contributed by atoms with Gasteiger partial charge >= 0.3 is 6.18 Å². The van der Waals surface area contributed by atoms with Gasteiger partial charge in [0, 0.05) is 31.5 Å². The van der Waals surface area contributed by atoms with Crippen LogP contribution in [0.4, 0.5) is 18.9 Å². The number of alkyl halides is 3. The van der Waals surface area contributed by atoms with Crippen molar-refractivity contribution in [2.75, 3.05) is 25.9 Å². The molecule has 1 atom stereocenters. The lowest BCUT2D eigenvalue weighted by Crippen LogP contribution is -2.30. The van der Waals surface area contributed by atoms with E-state index in [1.807, 2.05) is 0 Å². The van der Waals surface area contributed by atoms with E-state index in [1.165, 1.54) is 0 Å². The summed E-state index contributed by atoms with van der Waals surface area (Å²) in [4.78, 5) is 13.7. The Hall–Kier alpha value is -1.76. The summed E-state index contributed by atoms with van der Waals surface area (Å²) in [6, 6.07) is 3.07. The first-order chi connectivity index (χ1) is 9.32. The fourth-order valence-electron chi connectivity index (χ4n) is 2.24. The zero-order chi connectivity index (χ0) is 14.9. The number of carbonyl (C=O) groups excluding carboxylic acids is 1. The minimum absolute atomic E-state index is 0.0225. The van der Waals surface area contributed by atoms with Crippen LogP contribution in [0.25, 0.3) is 0 Å². The van der Waals surface area contributed by atoms with Crippen molar-refractivity contribution in [3.8, 4) is 0 Å². The molecule has 1 fully saturated rings. The van der Waals surface area contributed by atoms with Crippen molar-refractivity contribution in [3.05, 3.63) is 29.3 Å². The first-order valence-electron chi connectivity index (χ1n) is 6.11. The highest BCUT2D eigenvalue weighted by Gasteiger charge is 2.34. The topological polar surface area (TPSA) is 55.6 Å². The monoisotopic (exact) mass is 288 g/mol. The Morgan fingerprint density at radius 3 is 2.65 bits per heavy atom. The highest BCUT2D eigenvalue weighted by Crippen LogP contribution is 2.34. The molecular weight excluding hydrogens is 273 g/mol. The number of carbonyl (C=O) groups is 1. The fourth-order valence-corrected chi connectivity index (χ4v) is 2.24. The summed E-state index contributed by atoms with van der Waals surface area (Å²) in [7, 11) is 1.56. The van der Waals surface area contributed by atoms with Gasteiger partial charge in [0.15, 0.2) is 0 Å². The number of hydrogen-bond acceptors (Lipinski definition) is 3. The van der Waals surface area contributed by atoms with Gasteiger partial charge in [-0.05, 0) is 24.6 Å². The van der Waals surface area contributed by atoms with E-state index in [-0.39, 0.29) is 17.6 Å². The Morgan fingerprint density at radius 1 is 1.45 bits per heavy atom. The number of nitrogen functional groups attached to an aromatic ring is 1. The third-order valence-electron chi connectivity index (χ3n) is 3.37. The van der Waals surface area contributed by atoms with Crippen LogP contribution >= 0.6 is 0 Å². The average Bonchev–Trinajstić information content (AvgIpc) is 2.85. The maximum atomic E-state index is 12.6. The zero-order valence-electron chi connectivity index (χ0n) is 10.9. The molecule has 1 aromatic rings. The largest absolute Gasteiger partial charge is 0.418 e. The second kappa shape index (κ2) is 5.32. The molecule has 7 heteroatoms. The van der Waals surface area contributed by atoms with E-state index in [2.05, 4.69) is 0 Å². The molecule has 1 aliphatic rings. The van der Waals surface area contributed by atoms with Crippen molar-refractivity contribution < 1.29 is 22.7 Å². The number of nitrogens with two attached hydrogens (primary N) is 1. The maximum Gasteiger partial charge on any atom is 0.418 e. The minimum Gasteiger partial charge on any atom is -0.398 e. The fraction of sp³-hybridized carbons (Fsp3) is 0.462. The Morgan fingerprint density at radius 2 is 2.15 bits per heavy atom. The molecule has 0 saturated carbocycles. The van der Waals surface area contributed by atoms with Crippen LogP contribution in [0.3, 0.4) is 0 Å². The van der Waals surface area contributed by atoms with Crippen molar-refractivity contribution in [3.63, 3.8) is 0 Å². The van der Waals surface area contributed by atoms with E-state index in [4.69, 9.17) is 10.5 Å². The summed E-state index contributed by atoms with van der Waals surface area (Å²) in [6.45, 7) is 0.967. The van der Waals surface area contributed by atoms with Crippen LogP contribution in [0.15, 0.2) is 18.2 Å². The smallest absolute Gasteiger partial charge is 0.398 e. The molecule has 20 heavy (non-hydrogen) atoms. The summed E-state index contributed by atoms with van der Waals surface area (Å²) >= 11 is 0. The van der Waals surface area contributed by atoms with E-state index >= 15 is 0 Å². The number of methoxy groups -OCH3 is 1. The standard InChI is InChI=1S/C13H15F3N2O2/c1-20-9-4-5-18(7-9)12(19)8-2-3-10(11(17)6-8)13(14,15)16/h2-3,6,9H,4-5,7,17H2,1H3. The second-order valence-corrected chi connectivity index (χ2v) is 4.70. The van der Waals surface area contributed by atoms with Gasteiger partial charge in [-0.2, -0.15) is 13.2 Å². The van der Waals surface area contributed by atoms with Gasteiger partial charge in [0.25, 0.3) is 5.91 Å². The molecule has 1 heterocycles. The van der Waals surface area contributed by atoms with Crippen molar-refractivity contribution in [1.29, 1.82) is 0 Å². The number of nitrogens with zero attached hydrogens (tertiary/aromatic N) is 1. The van der Waals surface area contributed by atoms with E-state index in [0.717, 1.165) is 24.6 Å². The van der Waals surface area contributed by atoms with Crippen LogP contribution in [-0.2, 0) is 10.9 Å². The van der Waals surface area contributed by atoms with Crippen LogP contribution in [0.2, 0.25) is 0 Å². The molecule has 0 aromatic heterocycles. The van der Waals surface area contributed by atoms with Crippen LogP contribution in [0.5, 0.6) is 0 Å². The van der Waals surface area contributed by atoms with Crippen molar-refractivity contribution in [1.82, 2.24) is 4.90 Å². The van der Waals surface area contributed by atoms with Gasteiger partial charge in [-0.15, -0.1) is 0 Å². The van der Waals surface area contributed by atoms with Crippen molar-refractivity contribution in [2.45, 2.75) is 18.7 Å². The SMILES string of the molecule is COC1CCN(C(=O)c2ccc(C(F)(F)F)c(N)c2)C1. The van der Waals surface area contributed by atoms with Gasteiger partial charge in [-0.3, -0.25) is 4.79 Å². The molecule has 1 saturated heterocycles. The van der Waals surface area contributed by atoms with Crippen LogP contribution in [0, 0.1) is 0 Å². The molecule has 2 rings (SSSR count). The second-order valence-electron chi connectivity index (χ2n) is 4.70. The molecule has 1 aliphatic heterocycles. The molecule has 0 bridgehead atoms. The lowest BCUT2D eigenvalue weighted by Gasteiger charge is -2.17.